The number of piperidine rings is 1. The second-order valence-corrected chi connectivity index (χ2v) is 6.55. The Morgan fingerprint density at radius 2 is 1.70 bits per heavy atom. The van der Waals surface area contributed by atoms with E-state index in [0.717, 1.165) is 36.9 Å². The number of benzene rings is 1. The number of nitrogen functional groups attached to an aromatic ring is 1. The highest BCUT2D eigenvalue weighted by Gasteiger charge is 2.54. The van der Waals surface area contributed by atoms with E-state index in [0.29, 0.717) is 18.0 Å². The van der Waals surface area contributed by atoms with Crippen LogP contribution in [0.5, 0.6) is 0 Å². The molecule has 1 aliphatic carbocycles. The van der Waals surface area contributed by atoms with Crippen molar-refractivity contribution in [3.05, 3.63) is 29.8 Å². The third kappa shape index (κ3) is 2.09. The number of nitrogens with zero attached hydrogens (tertiary/aromatic N) is 1. The van der Waals surface area contributed by atoms with E-state index in [2.05, 4.69) is 18.7 Å². The summed E-state index contributed by atoms with van der Waals surface area (Å²) in [5, 5.41) is 0. The Hall–Kier alpha value is -1.51. The van der Waals surface area contributed by atoms with Crippen LogP contribution in [0.2, 0.25) is 0 Å². The zero-order valence-corrected chi connectivity index (χ0v) is 12.4. The van der Waals surface area contributed by atoms with Crippen molar-refractivity contribution in [2.75, 3.05) is 5.73 Å². The van der Waals surface area contributed by atoms with Crippen LogP contribution in [0.15, 0.2) is 24.3 Å². The van der Waals surface area contributed by atoms with Crippen molar-refractivity contribution in [3.63, 3.8) is 0 Å². The molecule has 3 rings (SSSR count). The average molecular weight is 272 g/mol. The number of carbonyl (C=O) groups excluding carboxylic acids is 1. The van der Waals surface area contributed by atoms with Gasteiger partial charge in [-0.15, -0.1) is 0 Å². The summed E-state index contributed by atoms with van der Waals surface area (Å²) in [6, 6.07) is 8.62. The highest BCUT2D eigenvalue weighted by atomic mass is 16.2. The third-order valence-corrected chi connectivity index (χ3v) is 5.05. The maximum Gasteiger partial charge on any atom is 0.233 e. The molecule has 3 nitrogen and oxygen atoms in total. The summed E-state index contributed by atoms with van der Waals surface area (Å²) >= 11 is 0. The lowest BCUT2D eigenvalue weighted by Crippen LogP contribution is -2.51. The molecule has 2 unspecified atom stereocenters. The van der Waals surface area contributed by atoms with Crippen molar-refractivity contribution in [3.8, 4) is 0 Å². The highest BCUT2D eigenvalue weighted by Crippen LogP contribution is 2.50. The van der Waals surface area contributed by atoms with E-state index in [4.69, 9.17) is 5.73 Å². The Balaban J connectivity index is 1.87. The molecule has 1 saturated carbocycles. The molecule has 2 fully saturated rings. The molecule has 0 spiro atoms. The topological polar surface area (TPSA) is 46.3 Å². The zero-order valence-electron chi connectivity index (χ0n) is 12.4. The van der Waals surface area contributed by atoms with Crippen LogP contribution in [0, 0.1) is 0 Å². The minimum absolute atomic E-state index is 0.256. The zero-order chi connectivity index (χ0) is 14.3. The highest BCUT2D eigenvalue weighted by molar-refractivity contribution is 5.92. The molecular weight excluding hydrogens is 248 g/mol. The summed E-state index contributed by atoms with van der Waals surface area (Å²) in [5.74, 6) is 0.335. The number of rotatable bonds is 2. The number of nitrogens with two attached hydrogens (primary N) is 1. The van der Waals surface area contributed by atoms with Gasteiger partial charge in [-0.3, -0.25) is 4.79 Å². The van der Waals surface area contributed by atoms with Crippen molar-refractivity contribution in [1.82, 2.24) is 4.90 Å². The van der Waals surface area contributed by atoms with Crippen molar-refractivity contribution >= 4 is 11.6 Å². The summed E-state index contributed by atoms with van der Waals surface area (Å²) in [6.07, 6.45) is 5.46. The van der Waals surface area contributed by atoms with Crippen molar-refractivity contribution < 1.29 is 4.79 Å². The SMILES string of the molecule is CC1CCCC(C)N1C(=O)C1(c2ccc(N)cc2)CC1. The standard InChI is InChI=1S/C17H24N2O/c1-12-4-3-5-13(2)19(12)16(20)17(10-11-17)14-6-8-15(18)9-7-14/h6-9,12-13H,3-5,10-11,18H2,1-2H3. The second kappa shape index (κ2) is 4.80. The van der Waals surface area contributed by atoms with Gasteiger partial charge >= 0.3 is 0 Å². The molecule has 1 aromatic carbocycles. The molecule has 1 amide bonds. The summed E-state index contributed by atoms with van der Waals surface area (Å²) in [7, 11) is 0. The third-order valence-electron chi connectivity index (χ3n) is 5.05. The predicted octanol–water partition coefficient (Wildman–Crippen LogP) is 3.09. The molecule has 2 aliphatic rings. The molecule has 1 aliphatic heterocycles. The number of anilines is 1. The van der Waals surface area contributed by atoms with Crippen LogP contribution in [-0.2, 0) is 10.2 Å². The first-order valence-corrected chi connectivity index (χ1v) is 7.73. The van der Waals surface area contributed by atoms with Gasteiger partial charge < -0.3 is 10.6 Å². The molecule has 108 valence electrons. The first-order valence-electron chi connectivity index (χ1n) is 7.73. The molecule has 1 aromatic rings. The lowest BCUT2D eigenvalue weighted by atomic mass is 9.89. The van der Waals surface area contributed by atoms with E-state index < -0.39 is 0 Å². The molecule has 0 radical (unpaired) electrons. The van der Waals surface area contributed by atoms with Crippen LogP contribution in [0.3, 0.4) is 0 Å². The normalized spacial score (nSPS) is 28.2. The Morgan fingerprint density at radius 3 is 2.20 bits per heavy atom. The molecule has 3 heteroatoms. The Bertz CT molecular complexity index is 494. The fourth-order valence-electron chi connectivity index (χ4n) is 3.62. The number of likely N-dealkylation sites (tertiary alicyclic amines) is 1. The summed E-state index contributed by atoms with van der Waals surface area (Å²) in [5.41, 5.74) is 7.40. The number of hydrogen-bond acceptors (Lipinski definition) is 2. The van der Waals surface area contributed by atoms with Crippen LogP contribution in [0.1, 0.15) is 51.5 Å². The van der Waals surface area contributed by atoms with Crippen molar-refractivity contribution in [1.29, 1.82) is 0 Å². The van der Waals surface area contributed by atoms with Crippen LogP contribution >= 0.6 is 0 Å². The van der Waals surface area contributed by atoms with Crippen molar-refractivity contribution in [2.45, 2.75) is 63.5 Å². The van der Waals surface area contributed by atoms with Gasteiger partial charge in [0.15, 0.2) is 0 Å². The molecule has 0 aromatic heterocycles. The Labute approximate surface area is 121 Å². The Morgan fingerprint density at radius 1 is 1.15 bits per heavy atom. The molecular formula is C17H24N2O. The monoisotopic (exact) mass is 272 g/mol. The van der Waals surface area contributed by atoms with E-state index in [1.165, 1.54) is 6.42 Å². The maximum atomic E-state index is 13.1. The fourth-order valence-corrected chi connectivity index (χ4v) is 3.62. The molecule has 2 atom stereocenters. The van der Waals surface area contributed by atoms with Gasteiger partial charge in [0.05, 0.1) is 5.41 Å². The maximum absolute atomic E-state index is 13.1. The van der Waals surface area contributed by atoms with E-state index in [9.17, 15) is 4.79 Å². The number of amides is 1. The molecule has 1 saturated heterocycles. The first-order chi connectivity index (χ1) is 9.54. The van der Waals surface area contributed by atoms with Crippen LogP contribution in [-0.4, -0.2) is 22.9 Å². The molecule has 2 N–H and O–H groups in total. The average Bonchev–Trinajstić information content (AvgIpc) is 3.20. The van der Waals surface area contributed by atoms with Crippen LogP contribution in [0.4, 0.5) is 5.69 Å². The quantitative estimate of drug-likeness (QED) is 0.841. The van der Waals surface area contributed by atoms with Gasteiger partial charge in [-0.2, -0.15) is 0 Å². The minimum Gasteiger partial charge on any atom is -0.399 e. The lowest BCUT2D eigenvalue weighted by Gasteiger charge is -2.41. The summed E-state index contributed by atoms with van der Waals surface area (Å²) in [6.45, 7) is 4.37. The van der Waals surface area contributed by atoms with Crippen LogP contribution in [0.25, 0.3) is 0 Å². The van der Waals surface area contributed by atoms with E-state index in [1.54, 1.807) is 0 Å². The van der Waals surface area contributed by atoms with Gasteiger partial charge in [0.1, 0.15) is 0 Å². The minimum atomic E-state index is -0.256. The van der Waals surface area contributed by atoms with Gasteiger partial charge in [-0.05, 0) is 63.6 Å². The van der Waals surface area contributed by atoms with Crippen LogP contribution < -0.4 is 5.73 Å². The largest absolute Gasteiger partial charge is 0.399 e. The summed E-state index contributed by atoms with van der Waals surface area (Å²) in [4.78, 5) is 15.2. The molecule has 1 heterocycles. The summed E-state index contributed by atoms with van der Waals surface area (Å²) < 4.78 is 0. The van der Waals surface area contributed by atoms with E-state index >= 15 is 0 Å². The fraction of sp³-hybridized carbons (Fsp3) is 0.588. The van der Waals surface area contributed by atoms with E-state index in [-0.39, 0.29) is 5.41 Å². The van der Waals surface area contributed by atoms with Gasteiger partial charge in [-0.25, -0.2) is 0 Å². The molecule has 20 heavy (non-hydrogen) atoms. The van der Waals surface area contributed by atoms with Gasteiger partial charge in [-0.1, -0.05) is 12.1 Å². The Kier molecular flexibility index (Phi) is 3.23. The smallest absolute Gasteiger partial charge is 0.233 e. The second-order valence-electron chi connectivity index (χ2n) is 6.55. The number of carbonyl (C=O) groups is 1. The molecule has 0 bridgehead atoms. The lowest BCUT2D eigenvalue weighted by molar-refractivity contribution is -0.140. The first kappa shape index (κ1) is 13.5. The predicted molar refractivity (Wildman–Crippen MR) is 81.4 cm³/mol. The van der Waals surface area contributed by atoms with E-state index in [1.807, 2.05) is 24.3 Å². The van der Waals surface area contributed by atoms with Gasteiger partial charge in [0.2, 0.25) is 5.91 Å². The van der Waals surface area contributed by atoms with Gasteiger partial charge in [0, 0.05) is 17.8 Å². The van der Waals surface area contributed by atoms with Gasteiger partial charge in [0.25, 0.3) is 0 Å². The number of hydrogen-bond donors (Lipinski definition) is 1. The van der Waals surface area contributed by atoms with Crippen molar-refractivity contribution in [2.24, 2.45) is 0 Å².